The molecule has 1 aliphatic carbocycles. The summed E-state index contributed by atoms with van der Waals surface area (Å²) in [5.41, 5.74) is 1.49. The molecule has 3 rings (SSSR count). The highest BCUT2D eigenvalue weighted by atomic mass is 16.5. The molecular formula is C20H20N2O5. The molecule has 2 atom stereocenters. The van der Waals surface area contributed by atoms with E-state index >= 15 is 0 Å². The first-order valence-electron chi connectivity index (χ1n) is 8.46. The fourth-order valence-electron chi connectivity index (χ4n) is 2.76. The molecule has 27 heavy (non-hydrogen) atoms. The molecule has 1 saturated carbocycles. The molecule has 2 aromatic rings. The van der Waals surface area contributed by atoms with Crippen LogP contribution < -0.4 is 15.4 Å². The molecular weight excluding hydrogens is 348 g/mol. The average Bonchev–Trinajstić information content (AvgIpc) is 3.49. The first kappa shape index (κ1) is 18.4. The molecule has 2 unspecified atom stereocenters. The standard InChI is InChI=1S/C20H20N2O5/c1-26-15-8-6-13(7-9-15)21-18(23)16-11-17(16)19(24)22-14-5-3-4-12(10-14)20(25)27-2/h3-10,16-17H,11H2,1-2H3,(H,21,23)(H,22,24). The summed E-state index contributed by atoms with van der Waals surface area (Å²) < 4.78 is 9.74. The van der Waals surface area contributed by atoms with E-state index < -0.39 is 5.97 Å². The zero-order valence-electron chi connectivity index (χ0n) is 15.0. The van der Waals surface area contributed by atoms with Crippen LogP contribution in [0.2, 0.25) is 0 Å². The van der Waals surface area contributed by atoms with Crippen molar-refractivity contribution in [2.45, 2.75) is 6.42 Å². The van der Waals surface area contributed by atoms with Crippen LogP contribution in [0.25, 0.3) is 0 Å². The maximum Gasteiger partial charge on any atom is 0.337 e. The molecule has 2 aromatic carbocycles. The SMILES string of the molecule is COC(=O)c1cccc(NC(=O)C2CC2C(=O)Nc2ccc(OC)cc2)c1. The van der Waals surface area contributed by atoms with Gasteiger partial charge in [0.05, 0.1) is 31.6 Å². The second-order valence-corrected chi connectivity index (χ2v) is 6.23. The lowest BCUT2D eigenvalue weighted by Gasteiger charge is -2.08. The predicted molar refractivity (Wildman–Crippen MR) is 99.6 cm³/mol. The van der Waals surface area contributed by atoms with Crippen molar-refractivity contribution in [3.63, 3.8) is 0 Å². The van der Waals surface area contributed by atoms with E-state index in [0.717, 1.165) is 0 Å². The van der Waals surface area contributed by atoms with Gasteiger partial charge in [0.1, 0.15) is 5.75 Å². The number of hydrogen-bond donors (Lipinski definition) is 2. The van der Waals surface area contributed by atoms with Gasteiger partial charge in [0.15, 0.2) is 0 Å². The number of amides is 2. The van der Waals surface area contributed by atoms with Gasteiger partial charge in [-0.1, -0.05) is 6.07 Å². The van der Waals surface area contributed by atoms with Gasteiger partial charge in [-0.25, -0.2) is 4.79 Å². The van der Waals surface area contributed by atoms with E-state index in [2.05, 4.69) is 15.4 Å². The Labute approximate surface area is 156 Å². The molecule has 1 fully saturated rings. The van der Waals surface area contributed by atoms with E-state index in [0.29, 0.717) is 29.1 Å². The number of nitrogens with one attached hydrogen (secondary N) is 2. The van der Waals surface area contributed by atoms with Gasteiger partial charge in [-0.3, -0.25) is 9.59 Å². The molecule has 2 amide bonds. The number of rotatable bonds is 6. The van der Waals surface area contributed by atoms with Crippen molar-refractivity contribution in [1.82, 2.24) is 0 Å². The first-order chi connectivity index (χ1) is 13.0. The first-order valence-corrected chi connectivity index (χ1v) is 8.46. The van der Waals surface area contributed by atoms with Gasteiger partial charge in [-0.05, 0) is 48.9 Å². The smallest absolute Gasteiger partial charge is 0.337 e. The normalized spacial score (nSPS) is 17.6. The summed E-state index contributed by atoms with van der Waals surface area (Å²) in [6.45, 7) is 0. The number of hydrogen-bond acceptors (Lipinski definition) is 5. The third kappa shape index (κ3) is 4.44. The molecule has 0 aliphatic heterocycles. The highest BCUT2D eigenvalue weighted by Gasteiger charge is 2.48. The molecule has 2 N–H and O–H groups in total. The van der Waals surface area contributed by atoms with Crippen LogP contribution in [0, 0.1) is 11.8 Å². The molecule has 0 spiro atoms. The molecule has 0 aromatic heterocycles. The van der Waals surface area contributed by atoms with Crippen molar-refractivity contribution in [3.8, 4) is 5.75 Å². The fourth-order valence-corrected chi connectivity index (χ4v) is 2.76. The van der Waals surface area contributed by atoms with Crippen molar-refractivity contribution in [1.29, 1.82) is 0 Å². The van der Waals surface area contributed by atoms with Crippen LogP contribution in [0.1, 0.15) is 16.8 Å². The Kier molecular flexibility index (Phi) is 5.40. The van der Waals surface area contributed by atoms with Crippen molar-refractivity contribution in [2.75, 3.05) is 24.9 Å². The van der Waals surface area contributed by atoms with Gasteiger partial charge in [0.2, 0.25) is 11.8 Å². The number of benzene rings is 2. The lowest BCUT2D eigenvalue weighted by atomic mass is 10.2. The van der Waals surface area contributed by atoms with Gasteiger partial charge < -0.3 is 20.1 Å². The molecule has 7 nitrogen and oxygen atoms in total. The Hall–Kier alpha value is -3.35. The molecule has 0 saturated heterocycles. The maximum atomic E-state index is 12.4. The summed E-state index contributed by atoms with van der Waals surface area (Å²) in [5.74, 6) is -0.962. The second-order valence-electron chi connectivity index (χ2n) is 6.23. The van der Waals surface area contributed by atoms with Crippen LogP contribution >= 0.6 is 0 Å². The zero-order valence-corrected chi connectivity index (χ0v) is 15.0. The largest absolute Gasteiger partial charge is 0.497 e. The topological polar surface area (TPSA) is 93.7 Å². The Balaban J connectivity index is 1.55. The Morgan fingerprint density at radius 1 is 0.889 bits per heavy atom. The molecule has 140 valence electrons. The number of methoxy groups -OCH3 is 2. The summed E-state index contributed by atoms with van der Waals surface area (Å²) in [7, 11) is 2.87. The van der Waals surface area contributed by atoms with Crippen LogP contribution in [0.4, 0.5) is 11.4 Å². The summed E-state index contributed by atoms with van der Waals surface area (Å²) in [5, 5.41) is 5.54. The minimum Gasteiger partial charge on any atom is -0.497 e. The number of carbonyl (C=O) groups is 3. The molecule has 1 aliphatic rings. The van der Waals surface area contributed by atoms with Gasteiger partial charge in [-0.2, -0.15) is 0 Å². The van der Waals surface area contributed by atoms with Crippen molar-refractivity contribution >= 4 is 29.2 Å². The number of esters is 1. The van der Waals surface area contributed by atoms with Crippen LogP contribution in [0.5, 0.6) is 5.75 Å². The van der Waals surface area contributed by atoms with E-state index in [1.807, 2.05) is 0 Å². The summed E-state index contributed by atoms with van der Waals surface area (Å²) >= 11 is 0. The van der Waals surface area contributed by atoms with E-state index in [4.69, 9.17) is 4.74 Å². The highest BCUT2D eigenvalue weighted by Crippen LogP contribution is 2.40. The Morgan fingerprint density at radius 2 is 1.52 bits per heavy atom. The van der Waals surface area contributed by atoms with Crippen molar-refractivity contribution in [3.05, 3.63) is 54.1 Å². The van der Waals surface area contributed by atoms with Crippen molar-refractivity contribution < 1.29 is 23.9 Å². The monoisotopic (exact) mass is 368 g/mol. The van der Waals surface area contributed by atoms with E-state index in [1.165, 1.54) is 7.11 Å². The van der Waals surface area contributed by atoms with Gasteiger partial charge in [0.25, 0.3) is 0 Å². The van der Waals surface area contributed by atoms with Crippen LogP contribution in [-0.4, -0.2) is 32.0 Å². The molecule has 0 bridgehead atoms. The highest BCUT2D eigenvalue weighted by molar-refractivity contribution is 6.03. The van der Waals surface area contributed by atoms with E-state index in [1.54, 1.807) is 55.6 Å². The number of ether oxygens (including phenoxy) is 2. The minimum absolute atomic E-state index is 0.191. The third-order valence-electron chi connectivity index (χ3n) is 4.37. The van der Waals surface area contributed by atoms with Crippen LogP contribution in [-0.2, 0) is 14.3 Å². The minimum atomic E-state index is -0.478. The maximum absolute atomic E-state index is 12.4. The molecule has 0 heterocycles. The number of carbonyl (C=O) groups excluding carboxylic acids is 3. The zero-order chi connectivity index (χ0) is 19.4. The summed E-state index contributed by atoms with van der Waals surface area (Å²) in [6, 6.07) is 13.5. The lowest BCUT2D eigenvalue weighted by Crippen LogP contribution is -2.20. The van der Waals surface area contributed by atoms with Crippen LogP contribution in [0.3, 0.4) is 0 Å². The Bertz CT molecular complexity index is 863. The van der Waals surface area contributed by atoms with E-state index in [9.17, 15) is 14.4 Å². The molecule has 0 radical (unpaired) electrons. The lowest BCUT2D eigenvalue weighted by molar-refractivity contribution is -0.122. The second kappa shape index (κ2) is 7.90. The fraction of sp³-hybridized carbons (Fsp3) is 0.250. The third-order valence-corrected chi connectivity index (χ3v) is 4.37. The number of anilines is 2. The van der Waals surface area contributed by atoms with Crippen molar-refractivity contribution in [2.24, 2.45) is 11.8 Å². The van der Waals surface area contributed by atoms with E-state index in [-0.39, 0.29) is 23.7 Å². The van der Waals surface area contributed by atoms with Gasteiger partial charge in [-0.15, -0.1) is 0 Å². The quantitative estimate of drug-likeness (QED) is 0.765. The van der Waals surface area contributed by atoms with Gasteiger partial charge >= 0.3 is 5.97 Å². The predicted octanol–water partition coefficient (Wildman–Crippen LogP) is 2.70. The van der Waals surface area contributed by atoms with Gasteiger partial charge in [0, 0.05) is 11.4 Å². The van der Waals surface area contributed by atoms with Crippen LogP contribution in [0.15, 0.2) is 48.5 Å². The summed E-state index contributed by atoms with van der Waals surface area (Å²) in [6.07, 6.45) is 0.491. The average molecular weight is 368 g/mol. The summed E-state index contributed by atoms with van der Waals surface area (Å²) in [4.78, 5) is 36.2. The Morgan fingerprint density at radius 3 is 2.11 bits per heavy atom. The molecule has 7 heteroatoms.